The van der Waals surface area contributed by atoms with Gasteiger partial charge in [-0.2, -0.15) is 5.10 Å². The zero-order valence-electron chi connectivity index (χ0n) is 22.5. The van der Waals surface area contributed by atoms with Gasteiger partial charge in [0.1, 0.15) is 0 Å². The van der Waals surface area contributed by atoms with Gasteiger partial charge in [0.25, 0.3) is 10.0 Å². The fourth-order valence-corrected chi connectivity index (χ4v) is 7.06. The number of nitrogens with one attached hydrogen (secondary N) is 1. The second kappa shape index (κ2) is 11.1. The van der Waals surface area contributed by atoms with E-state index < -0.39 is 10.0 Å². The summed E-state index contributed by atoms with van der Waals surface area (Å²) in [6.45, 7) is 10.4. The highest BCUT2D eigenvalue weighted by atomic mass is 32.2. The first-order valence-electron chi connectivity index (χ1n) is 13.8. The van der Waals surface area contributed by atoms with Crippen LogP contribution in [0.1, 0.15) is 50.7 Å². The number of benzene rings is 2. The van der Waals surface area contributed by atoms with E-state index in [-0.39, 0.29) is 0 Å². The first kappa shape index (κ1) is 26.2. The van der Waals surface area contributed by atoms with E-state index in [2.05, 4.69) is 33.5 Å². The van der Waals surface area contributed by atoms with Gasteiger partial charge >= 0.3 is 0 Å². The second-order valence-electron chi connectivity index (χ2n) is 11.3. The molecule has 200 valence electrons. The standard InChI is InChI=1S/C29H41N5O2S/c1-22(2)19-24-11-14-28-27(21-32(3)30-28)29(24)31-37(35,36)26-12-9-23(10-13-26)7-4-5-15-33-17-18-34-16-6-8-25(34)20-33/h9-14,21-22,25,31H,4-8,15-20H2,1-3H3/t25-/m1/s1. The predicted molar refractivity (Wildman–Crippen MR) is 150 cm³/mol. The molecule has 0 aliphatic carbocycles. The lowest BCUT2D eigenvalue weighted by Gasteiger charge is -2.37. The molecule has 2 aliphatic heterocycles. The minimum absolute atomic E-state index is 0.294. The Morgan fingerprint density at radius 2 is 1.86 bits per heavy atom. The monoisotopic (exact) mass is 523 g/mol. The Kier molecular flexibility index (Phi) is 7.88. The molecule has 0 saturated carbocycles. The van der Waals surface area contributed by atoms with Gasteiger partial charge in [0.05, 0.1) is 16.1 Å². The van der Waals surface area contributed by atoms with Crippen molar-refractivity contribution in [2.45, 2.75) is 63.3 Å². The van der Waals surface area contributed by atoms with Crippen molar-refractivity contribution >= 4 is 26.6 Å². The molecule has 0 amide bonds. The largest absolute Gasteiger partial charge is 0.301 e. The zero-order valence-corrected chi connectivity index (χ0v) is 23.3. The first-order chi connectivity index (χ1) is 17.8. The van der Waals surface area contributed by atoms with Gasteiger partial charge in [0, 0.05) is 44.3 Å². The summed E-state index contributed by atoms with van der Waals surface area (Å²) in [6, 6.07) is 12.1. The molecule has 8 heteroatoms. The molecule has 3 heterocycles. The van der Waals surface area contributed by atoms with E-state index in [1.807, 2.05) is 37.5 Å². The Bertz CT molecular complexity index is 1320. The molecular weight excluding hydrogens is 482 g/mol. The summed E-state index contributed by atoms with van der Waals surface area (Å²) < 4.78 is 31.4. The van der Waals surface area contributed by atoms with Gasteiger partial charge in [-0.3, -0.25) is 14.3 Å². The van der Waals surface area contributed by atoms with E-state index in [4.69, 9.17) is 0 Å². The average molecular weight is 524 g/mol. The molecule has 7 nitrogen and oxygen atoms in total. The molecule has 3 aromatic rings. The smallest absolute Gasteiger partial charge is 0.261 e. The fourth-order valence-electron chi connectivity index (χ4n) is 5.94. The number of hydrogen-bond donors (Lipinski definition) is 1. The molecule has 0 radical (unpaired) electrons. The van der Waals surface area contributed by atoms with Crippen molar-refractivity contribution in [1.82, 2.24) is 19.6 Å². The predicted octanol–water partition coefficient (Wildman–Crippen LogP) is 4.68. The van der Waals surface area contributed by atoms with Crippen molar-refractivity contribution < 1.29 is 8.42 Å². The lowest BCUT2D eigenvalue weighted by molar-refractivity contribution is 0.103. The van der Waals surface area contributed by atoms with Crippen LogP contribution in [0.15, 0.2) is 47.5 Å². The molecule has 1 aromatic heterocycles. The molecule has 2 aromatic carbocycles. The van der Waals surface area contributed by atoms with Gasteiger partial charge in [-0.25, -0.2) is 8.42 Å². The van der Waals surface area contributed by atoms with E-state index in [0.29, 0.717) is 16.5 Å². The van der Waals surface area contributed by atoms with Crippen LogP contribution in [0.4, 0.5) is 5.69 Å². The highest BCUT2D eigenvalue weighted by Crippen LogP contribution is 2.31. The van der Waals surface area contributed by atoms with Crippen LogP contribution in [0.3, 0.4) is 0 Å². The van der Waals surface area contributed by atoms with Crippen LogP contribution >= 0.6 is 0 Å². The van der Waals surface area contributed by atoms with E-state index in [0.717, 1.165) is 41.8 Å². The van der Waals surface area contributed by atoms with E-state index in [1.165, 1.54) is 57.5 Å². The van der Waals surface area contributed by atoms with Gasteiger partial charge in [-0.1, -0.05) is 32.0 Å². The molecular formula is C29H41N5O2S. The van der Waals surface area contributed by atoms with Crippen molar-refractivity contribution in [2.24, 2.45) is 13.0 Å². The zero-order chi connectivity index (χ0) is 26.0. The Balaban J connectivity index is 1.20. The van der Waals surface area contributed by atoms with Gasteiger partial charge < -0.3 is 4.90 Å². The highest BCUT2D eigenvalue weighted by molar-refractivity contribution is 7.92. The highest BCUT2D eigenvalue weighted by Gasteiger charge is 2.30. The Labute approximate surface area is 221 Å². The van der Waals surface area contributed by atoms with Crippen LogP contribution in [0.25, 0.3) is 10.9 Å². The summed E-state index contributed by atoms with van der Waals surface area (Å²) in [5.41, 5.74) is 3.61. The molecule has 1 atom stereocenters. The number of fused-ring (bicyclic) bond motifs is 2. The van der Waals surface area contributed by atoms with Crippen LogP contribution in [-0.4, -0.2) is 66.8 Å². The number of aryl methyl sites for hydroxylation is 2. The van der Waals surface area contributed by atoms with Gasteiger partial charge in [-0.05, 0) is 86.9 Å². The van der Waals surface area contributed by atoms with Crippen molar-refractivity contribution in [3.05, 3.63) is 53.7 Å². The summed E-state index contributed by atoms with van der Waals surface area (Å²) in [5.74, 6) is 0.406. The molecule has 0 spiro atoms. The Morgan fingerprint density at radius 3 is 2.65 bits per heavy atom. The van der Waals surface area contributed by atoms with Crippen LogP contribution in [-0.2, 0) is 29.9 Å². The van der Waals surface area contributed by atoms with Crippen LogP contribution in [0, 0.1) is 5.92 Å². The van der Waals surface area contributed by atoms with Crippen molar-refractivity contribution in [3.8, 4) is 0 Å². The minimum Gasteiger partial charge on any atom is -0.301 e. The molecule has 37 heavy (non-hydrogen) atoms. The third-order valence-corrected chi connectivity index (χ3v) is 9.22. The SMILES string of the molecule is CC(C)Cc1ccc2nn(C)cc2c1NS(=O)(=O)c1ccc(CCCCN2CCN3CCC[C@@H]3C2)cc1. The average Bonchev–Trinajstić information content (AvgIpc) is 3.49. The molecule has 2 aliphatic rings. The second-order valence-corrected chi connectivity index (χ2v) is 13.0. The van der Waals surface area contributed by atoms with Crippen molar-refractivity contribution in [1.29, 1.82) is 0 Å². The van der Waals surface area contributed by atoms with Crippen LogP contribution < -0.4 is 4.72 Å². The number of aromatic nitrogens is 2. The quantitative estimate of drug-likeness (QED) is 0.391. The van der Waals surface area contributed by atoms with Crippen molar-refractivity contribution in [3.63, 3.8) is 0 Å². The Morgan fingerprint density at radius 1 is 1.05 bits per heavy atom. The molecule has 0 bridgehead atoms. The Hall–Kier alpha value is -2.42. The molecule has 0 unspecified atom stereocenters. The maximum atomic E-state index is 13.4. The third kappa shape index (κ3) is 6.19. The normalized spacial score (nSPS) is 19.1. The number of unbranched alkanes of at least 4 members (excludes halogenated alkanes) is 1. The van der Waals surface area contributed by atoms with E-state index in [1.54, 1.807) is 16.8 Å². The molecule has 2 saturated heterocycles. The number of sulfonamides is 1. The lowest BCUT2D eigenvalue weighted by Crippen LogP contribution is -2.50. The summed E-state index contributed by atoms with van der Waals surface area (Å²) in [5, 5.41) is 5.29. The molecule has 2 fully saturated rings. The van der Waals surface area contributed by atoms with Gasteiger partial charge in [0.15, 0.2) is 0 Å². The first-order valence-corrected chi connectivity index (χ1v) is 15.3. The number of hydrogen-bond acceptors (Lipinski definition) is 5. The summed E-state index contributed by atoms with van der Waals surface area (Å²) in [6.07, 6.45) is 8.67. The summed E-state index contributed by atoms with van der Waals surface area (Å²) in [4.78, 5) is 5.58. The summed E-state index contributed by atoms with van der Waals surface area (Å²) in [7, 11) is -1.86. The topological polar surface area (TPSA) is 70.5 Å². The number of piperazine rings is 1. The molecule has 5 rings (SSSR count). The van der Waals surface area contributed by atoms with E-state index in [9.17, 15) is 8.42 Å². The minimum atomic E-state index is -3.72. The van der Waals surface area contributed by atoms with Crippen LogP contribution in [0.2, 0.25) is 0 Å². The van der Waals surface area contributed by atoms with E-state index >= 15 is 0 Å². The maximum Gasteiger partial charge on any atom is 0.261 e. The number of rotatable bonds is 10. The number of nitrogens with zero attached hydrogens (tertiary/aromatic N) is 4. The summed E-state index contributed by atoms with van der Waals surface area (Å²) >= 11 is 0. The maximum absolute atomic E-state index is 13.4. The number of anilines is 1. The van der Waals surface area contributed by atoms with Gasteiger partial charge in [0.2, 0.25) is 0 Å². The van der Waals surface area contributed by atoms with Crippen LogP contribution in [0.5, 0.6) is 0 Å². The lowest BCUT2D eigenvalue weighted by atomic mass is 10.00. The fraction of sp³-hybridized carbons (Fsp3) is 0.552. The molecule has 1 N–H and O–H groups in total. The van der Waals surface area contributed by atoms with Gasteiger partial charge in [-0.15, -0.1) is 0 Å². The van der Waals surface area contributed by atoms with Crippen molar-refractivity contribution in [2.75, 3.05) is 37.4 Å². The third-order valence-electron chi connectivity index (χ3n) is 7.85.